The first kappa shape index (κ1) is 14.0. The number of rotatable bonds is 5. The van der Waals surface area contributed by atoms with Gasteiger partial charge in [-0.05, 0) is 18.1 Å². The third-order valence-corrected chi connectivity index (χ3v) is 3.44. The Balaban J connectivity index is 2.56. The maximum absolute atomic E-state index is 11.6. The summed E-state index contributed by atoms with van der Waals surface area (Å²) < 4.78 is 0.617. The molecule has 0 saturated heterocycles. The normalized spacial score (nSPS) is 12.5. The average molecular weight is 276 g/mol. The van der Waals surface area contributed by atoms with E-state index in [2.05, 4.69) is 5.32 Å². The molecule has 1 amide bonds. The number of halogens is 1. The average Bonchev–Trinajstić information content (AvgIpc) is 2.59. The summed E-state index contributed by atoms with van der Waals surface area (Å²) in [6, 6.07) is 2.63. The number of carboxylic acids is 1. The van der Waals surface area contributed by atoms with Gasteiger partial charge in [-0.1, -0.05) is 25.4 Å². The molecule has 1 aromatic heterocycles. The molecule has 0 unspecified atom stereocenters. The zero-order valence-corrected chi connectivity index (χ0v) is 11.1. The Morgan fingerprint density at radius 1 is 1.47 bits per heavy atom. The molecule has 0 radical (unpaired) electrons. The molecule has 0 aliphatic heterocycles. The van der Waals surface area contributed by atoms with Crippen LogP contribution in [0.1, 0.15) is 18.7 Å². The molecule has 0 aliphatic rings. The summed E-state index contributed by atoms with van der Waals surface area (Å²) in [5, 5.41) is 11.4. The number of aliphatic carboxylic acids is 1. The lowest BCUT2D eigenvalue weighted by molar-refractivity contribution is -0.143. The second-order valence-corrected chi connectivity index (χ2v) is 5.81. The van der Waals surface area contributed by atoms with E-state index in [-0.39, 0.29) is 18.2 Å². The Hall–Kier alpha value is -1.07. The van der Waals surface area contributed by atoms with Crippen molar-refractivity contribution in [1.82, 2.24) is 5.32 Å². The van der Waals surface area contributed by atoms with E-state index in [1.54, 1.807) is 26.0 Å². The zero-order chi connectivity index (χ0) is 13.0. The fourth-order valence-corrected chi connectivity index (χ4v) is 2.43. The van der Waals surface area contributed by atoms with Crippen molar-refractivity contribution in [2.75, 3.05) is 0 Å². The molecule has 0 aromatic carbocycles. The van der Waals surface area contributed by atoms with Crippen molar-refractivity contribution in [3.63, 3.8) is 0 Å². The lowest BCUT2D eigenvalue weighted by Gasteiger charge is -2.17. The molecular weight excluding hydrogens is 262 g/mol. The Morgan fingerprint density at radius 2 is 2.12 bits per heavy atom. The van der Waals surface area contributed by atoms with Crippen LogP contribution >= 0.6 is 22.9 Å². The van der Waals surface area contributed by atoms with Crippen LogP contribution in [0, 0.1) is 5.92 Å². The van der Waals surface area contributed by atoms with Gasteiger partial charge in [0.25, 0.3) is 0 Å². The molecule has 0 bridgehead atoms. The SMILES string of the molecule is CC(C)[C@H](NC(=O)Cc1ccc(Cl)s1)C(=O)O. The third kappa shape index (κ3) is 4.36. The summed E-state index contributed by atoms with van der Waals surface area (Å²) in [6.07, 6.45) is 0.161. The molecule has 4 nitrogen and oxygen atoms in total. The van der Waals surface area contributed by atoms with Crippen LogP contribution in [-0.2, 0) is 16.0 Å². The zero-order valence-electron chi connectivity index (χ0n) is 9.57. The lowest BCUT2D eigenvalue weighted by atomic mass is 10.0. The molecule has 0 fully saturated rings. The fraction of sp³-hybridized carbons (Fsp3) is 0.455. The number of thiophene rings is 1. The number of hydrogen-bond acceptors (Lipinski definition) is 3. The Kier molecular flexibility index (Phi) is 4.96. The summed E-state index contributed by atoms with van der Waals surface area (Å²) in [7, 11) is 0. The lowest BCUT2D eigenvalue weighted by Crippen LogP contribution is -2.44. The smallest absolute Gasteiger partial charge is 0.326 e. The summed E-state index contributed by atoms with van der Waals surface area (Å²) in [6.45, 7) is 3.50. The van der Waals surface area contributed by atoms with Crippen LogP contribution < -0.4 is 5.32 Å². The van der Waals surface area contributed by atoms with Crippen molar-refractivity contribution in [2.45, 2.75) is 26.3 Å². The predicted molar refractivity (Wildman–Crippen MR) is 67.4 cm³/mol. The van der Waals surface area contributed by atoms with Gasteiger partial charge in [-0.3, -0.25) is 4.79 Å². The van der Waals surface area contributed by atoms with Crippen molar-refractivity contribution in [3.8, 4) is 0 Å². The van der Waals surface area contributed by atoms with Gasteiger partial charge in [0.1, 0.15) is 6.04 Å². The van der Waals surface area contributed by atoms with Crippen LogP contribution in [-0.4, -0.2) is 23.0 Å². The van der Waals surface area contributed by atoms with E-state index in [1.807, 2.05) is 0 Å². The first-order chi connectivity index (χ1) is 7.90. The van der Waals surface area contributed by atoms with Crippen LogP contribution in [0.2, 0.25) is 4.34 Å². The number of carbonyl (C=O) groups is 2. The molecule has 94 valence electrons. The highest BCUT2D eigenvalue weighted by Gasteiger charge is 2.23. The molecule has 17 heavy (non-hydrogen) atoms. The van der Waals surface area contributed by atoms with E-state index in [9.17, 15) is 9.59 Å². The van der Waals surface area contributed by atoms with Gasteiger partial charge in [-0.15, -0.1) is 11.3 Å². The summed E-state index contributed by atoms with van der Waals surface area (Å²) in [4.78, 5) is 23.3. The van der Waals surface area contributed by atoms with E-state index in [4.69, 9.17) is 16.7 Å². The highest BCUT2D eigenvalue weighted by Crippen LogP contribution is 2.21. The monoisotopic (exact) mass is 275 g/mol. The number of nitrogens with one attached hydrogen (secondary N) is 1. The van der Waals surface area contributed by atoms with Gasteiger partial charge < -0.3 is 10.4 Å². The molecule has 1 atom stereocenters. The van der Waals surface area contributed by atoms with Gasteiger partial charge in [0.05, 0.1) is 10.8 Å². The van der Waals surface area contributed by atoms with Crippen LogP contribution in [0.15, 0.2) is 12.1 Å². The molecule has 2 N–H and O–H groups in total. The summed E-state index contributed by atoms with van der Waals surface area (Å²) in [5.74, 6) is -1.47. The van der Waals surface area contributed by atoms with Gasteiger partial charge in [-0.2, -0.15) is 0 Å². The fourth-order valence-electron chi connectivity index (χ4n) is 1.34. The highest BCUT2D eigenvalue weighted by molar-refractivity contribution is 7.16. The van der Waals surface area contributed by atoms with E-state index in [0.717, 1.165) is 4.88 Å². The van der Waals surface area contributed by atoms with Crippen molar-refractivity contribution in [1.29, 1.82) is 0 Å². The van der Waals surface area contributed by atoms with Crippen molar-refractivity contribution >= 4 is 34.8 Å². The minimum absolute atomic E-state index is 0.150. The van der Waals surface area contributed by atoms with Crippen LogP contribution in [0.25, 0.3) is 0 Å². The van der Waals surface area contributed by atoms with Gasteiger partial charge >= 0.3 is 5.97 Å². The number of carbonyl (C=O) groups excluding carboxylic acids is 1. The van der Waals surface area contributed by atoms with Gasteiger partial charge in [0.15, 0.2) is 0 Å². The molecular formula is C11H14ClNO3S. The summed E-state index contributed by atoms with van der Waals surface area (Å²) in [5.41, 5.74) is 0. The van der Waals surface area contributed by atoms with Crippen molar-refractivity contribution in [2.24, 2.45) is 5.92 Å². The van der Waals surface area contributed by atoms with Gasteiger partial charge in [-0.25, -0.2) is 4.79 Å². The second-order valence-electron chi connectivity index (χ2n) is 4.01. The molecule has 6 heteroatoms. The van der Waals surface area contributed by atoms with Crippen molar-refractivity contribution in [3.05, 3.63) is 21.3 Å². The standard InChI is InChI=1S/C11H14ClNO3S/c1-6(2)10(11(15)16)13-9(14)5-7-3-4-8(12)17-7/h3-4,6,10H,5H2,1-2H3,(H,13,14)(H,15,16)/t10-/m0/s1. The molecule has 0 saturated carbocycles. The van der Waals surface area contributed by atoms with Crippen molar-refractivity contribution < 1.29 is 14.7 Å². The Labute approximate surface area is 109 Å². The van der Waals surface area contributed by atoms with Crippen LogP contribution in [0.5, 0.6) is 0 Å². The van der Waals surface area contributed by atoms with E-state index in [1.165, 1.54) is 11.3 Å². The molecule has 1 heterocycles. The predicted octanol–water partition coefficient (Wildman–Crippen LogP) is 2.17. The molecule has 1 aromatic rings. The number of carboxylic acid groups (broad SMARTS) is 1. The molecule has 0 aliphatic carbocycles. The number of amides is 1. The first-order valence-electron chi connectivity index (χ1n) is 5.16. The Morgan fingerprint density at radius 3 is 2.53 bits per heavy atom. The molecule has 0 spiro atoms. The van der Waals surface area contributed by atoms with Crippen LogP contribution in [0.4, 0.5) is 0 Å². The van der Waals surface area contributed by atoms with Gasteiger partial charge in [0.2, 0.25) is 5.91 Å². The molecule has 1 rings (SSSR count). The maximum atomic E-state index is 11.6. The maximum Gasteiger partial charge on any atom is 0.326 e. The van der Waals surface area contributed by atoms with Crippen LogP contribution in [0.3, 0.4) is 0 Å². The quantitative estimate of drug-likeness (QED) is 0.865. The van der Waals surface area contributed by atoms with E-state index < -0.39 is 12.0 Å². The summed E-state index contributed by atoms with van der Waals surface area (Å²) >= 11 is 7.06. The van der Waals surface area contributed by atoms with Gasteiger partial charge in [0, 0.05) is 4.88 Å². The van der Waals surface area contributed by atoms with E-state index in [0.29, 0.717) is 4.34 Å². The Bertz CT molecular complexity index is 417. The number of hydrogen-bond donors (Lipinski definition) is 2. The minimum Gasteiger partial charge on any atom is -0.480 e. The topological polar surface area (TPSA) is 66.4 Å². The second kappa shape index (κ2) is 6.02. The largest absolute Gasteiger partial charge is 0.480 e. The first-order valence-corrected chi connectivity index (χ1v) is 6.36. The highest BCUT2D eigenvalue weighted by atomic mass is 35.5. The minimum atomic E-state index is -1.02. The third-order valence-electron chi connectivity index (χ3n) is 2.21. The van der Waals surface area contributed by atoms with E-state index >= 15 is 0 Å².